The van der Waals surface area contributed by atoms with E-state index < -0.39 is 6.61 Å². The molecule has 0 spiro atoms. The standard InChI is InChI=1S/C9H10BrF2NO/c1-5(13)6-2-3-8(7(10)4-6)14-9(11)12/h2-5,9H,13H2,1H3/t5-/m0/s1. The largest absolute Gasteiger partial charge is 0.434 e. The number of ether oxygens (including phenoxy) is 1. The predicted molar refractivity (Wildman–Crippen MR) is 53.4 cm³/mol. The van der Waals surface area contributed by atoms with Crippen LogP contribution in [-0.4, -0.2) is 6.61 Å². The number of hydrogen-bond donors (Lipinski definition) is 1. The Labute approximate surface area is 89.2 Å². The molecule has 5 heteroatoms. The van der Waals surface area contributed by atoms with Crippen LogP contribution in [0.4, 0.5) is 8.78 Å². The van der Waals surface area contributed by atoms with Crippen molar-refractivity contribution in [3.05, 3.63) is 28.2 Å². The third-order valence-electron chi connectivity index (χ3n) is 1.70. The summed E-state index contributed by atoms with van der Waals surface area (Å²) in [6.45, 7) is -0.998. The van der Waals surface area contributed by atoms with Crippen molar-refractivity contribution in [3.63, 3.8) is 0 Å². The first kappa shape index (κ1) is 11.4. The molecule has 1 aromatic rings. The second-order valence-electron chi connectivity index (χ2n) is 2.86. The maximum atomic E-state index is 11.9. The summed E-state index contributed by atoms with van der Waals surface area (Å²) < 4.78 is 28.5. The van der Waals surface area contributed by atoms with E-state index in [9.17, 15) is 8.78 Å². The fraction of sp³-hybridized carbons (Fsp3) is 0.333. The fourth-order valence-corrected chi connectivity index (χ4v) is 1.48. The van der Waals surface area contributed by atoms with Crippen LogP contribution in [0.3, 0.4) is 0 Å². The third kappa shape index (κ3) is 2.92. The molecule has 0 fully saturated rings. The minimum atomic E-state index is -2.81. The number of nitrogens with two attached hydrogens (primary N) is 1. The molecule has 0 aliphatic carbocycles. The molecule has 1 aromatic carbocycles. The monoisotopic (exact) mass is 265 g/mol. The van der Waals surface area contributed by atoms with E-state index in [1.165, 1.54) is 6.07 Å². The van der Waals surface area contributed by atoms with Crippen molar-refractivity contribution in [1.29, 1.82) is 0 Å². The topological polar surface area (TPSA) is 35.2 Å². The van der Waals surface area contributed by atoms with Crippen LogP contribution in [0, 0.1) is 0 Å². The van der Waals surface area contributed by atoms with Gasteiger partial charge in [-0.3, -0.25) is 0 Å². The summed E-state index contributed by atoms with van der Waals surface area (Å²) in [4.78, 5) is 0. The van der Waals surface area contributed by atoms with E-state index in [0.29, 0.717) is 4.47 Å². The van der Waals surface area contributed by atoms with Crippen LogP contribution in [0.2, 0.25) is 0 Å². The van der Waals surface area contributed by atoms with Crippen molar-refractivity contribution in [2.45, 2.75) is 19.6 Å². The molecule has 0 heterocycles. The quantitative estimate of drug-likeness (QED) is 0.912. The van der Waals surface area contributed by atoms with Crippen molar-refractivity contribution in [1.82, 2.24) is 0 Å². The highest BCUT2D eigenvalue weighted by molar-refractivity contribution is 9.10. The Morgan fingerprint density at radius 3 is 2.50 bits per heavy atom. The van der Waals surface area contributed by atoms with Gasteiger partial charge < -0.3 is 10.5 Å². The van der Waals surface area contributed by atoms with Crippen molar-refractivity contribution < 1.29 is 13.5 Å². The molecule has 78 valence electrons. The van der Waals surface area contributed by atoms with E-state index in [-0.39, 0.29) is 11.8 Å². The van der Waals surface area contributed by atoms with Gasteiger partial charge in [0.1, 0.15) is 5.75 Å². The summed E-state index contributed by atoms with van der Waals surface area (Å²) in [6, 6.07) is 4.66. The zero-order valence-electron chi connectivity index (χ0n) is 7.51. The van der Waals surface area contributed by atoms with Gasteiger partial charge in [-0.25, -0.2) is 0 Å². The molecule has 0 aliphatic heterocycles. The van der Waals surface area contributed by atoms with Gasteiger partial charge >= 0.3 is 6.61 Å². The van der Waals surface area contributed by atoms with Crippen LogP contribution in [-0.2, 0) is 0 Å². The predicted octanol–water partition coefficient (Wildman–Crippen LogP) is 3.07. The van der Waals surface area contributed by atoms with Gasteiger partial charge in [0.25, 0.3) is 0 Å². The maximum absolute atomic E-state index is 11.9. The summed E-state index contributed by atoms with van der Waals surface area (Å²) in [5, 5.41) is 0. The lowest BCUT2D eigenvalue weighted by atomic mass is 10.1. The van der Waals surface area contributed by atoms with E-state index in [0.717, 1.165) is 5.56 Å². The Balaban J connectivity index is 2.90. The summed E-state index contributed by atoms with van der Waals surface area (Å²) in [6.07, 6.45) is 0. The lowest BCUT2D eigenvalue weighted by Crippen LogP contribution is -2.06. The molecule has 1 atom stereocenters. The molecule has 1 rings (SSSR count). The summed E-state index contributed by atoms with van der Waals surface area (Å²) in [5.41, 5.74) is 6.48. The molecule has 0 bridgehead atoms. The van der Waals surface area contributed by atoms with Crippen LogP contribution in [0.25, 0.3) is 0 Å². The van der Waals surface area contributed by atoms with Gasteiger partial charge in [-0.2, -0.15) is 8.78 Å². The lowest BCUT2D eigenvalue weighted by Gasteiger charge is -2.10. The van der Waals surface area contributed by atoms with Crippen LogP contribution in [0.1, 0.15) is 18.5 Å². The smallest absolute Gasteiger partial charge is 0.387 e. The second-order valence-corrected chi connectivity index (χ2v) is 3.71. The van der Waals surface area contributed by atoms with Gasteiger partial charge in [0.15, 0.2) is 0 Å². The first-order valence-corrected chi connectivity index (χ1v) is 4.80. The van der Waals surface area contributed by atoms with E-state index >= 15 is 0 Å². The van der Waals surface area contributed by atoms with Crippen molar-refractivity contribution in [2.75, 3.05) is 0 Å². The Hall–Kier alpha value is -0.680. The van der Waals surface area contributed by atoms with Gasteiger partial charge in [0, 0.05) is 6.04 Å². The molecular weight excluding hydrogens is 256 g/mol. The van der Waals surface area contributed by atoms with Gasteiger partial charge in [-0.05, 0) is 40.5 Å². The molecule has 0 saturated heterocycles. The van der Waals surface area contributed by atoms with Gasteiger partial charge in [-0.15, -0.1) is 0 Å². The van der Waals surface area contributed by atoms with E-state index in [1.54, 1.807) is 12.1 Å². The number of halogens is 3. The molecule has 0 aromatic heterocycles. The lowest BCUT2D eigenvalue weighted by molar-refractivity contribution is -0.0503. The number of rotatable bonds is 3. The summed E-state index contributed by atoms with van der Waals surface area (Å²) in [7, 11) is 0. The average Bonchev–Trinajstić information content (AvgIpc) is 2.07. The molecular formula is C9H10BrF2NO. The van der Waals surface area contributed by atoms with Gasteiger partial charge in [-0.1, -0.05) is 6.07 Å². The molecule has 0 unspecified atom stereocenters. The Kier molecular flexibility index (Phi) is 3.83. The highest BCUT2D eigenvalue weighted by atomic mass is 79.9. The van der Waals surface area contributed by atoms with Crippen molar-refractivity contribution >= 4 is 15.9 Å². The van der Waals surface area contributed by atoms with Crippen LogP contribution in [0.5, 0.6) is 5.75 Å². The van der Waals surface area contributed by atoms with Crippen molar-refractivity contribution in [3.8, 4) is 5.75 Å². The highest BCUT2D eigenvalue weighted by Crippen LogP contribution is 2.28. The average molecular weight is 266 g/mol. The summed E-state index contributed by atoms with van der Waals surface area (Å²) >= 11 is 3.13. The first-order valence-electron chi connectivity index (χ1n) is 4.00. The fourth-order valence-electron chi connectivity index (χ4n) is 0.992. The summed E-state index contributed by atoms with van der Waals surface area (Å²) in [5.74, 6) is 0.115. The van der Waals surface area contributed by atoms with Crippen molar-refractivity contribution in [2.24, 2.45) is 5.73 Å². The minimum Gasteiger partial charge on any atom is -0.434 e. The Bertz CT molecular complexity index is 318. The minimum absolute atomic E-state index is 0.115. The van der Waals surface area contributed by atoms with E-state index in [1.807, 2.05) is 6.92 Å². The zero-order chi connectivity index (χ0) is 10.7. The molecule has 2 nitrogen and oxygen atoms in total. The molecule has 0 saturated carbocycles. The maximum Gasteiger partial charge on any atom is 0.387 e. The van der Waals surface area contributed by atoms with Crippen LogP contribution < -0.4 is 10.5 Å². The number of hydrogen-bond acceptors (Lipinski definition) is 2. The van der Waals surface area contributed by atoms with Crippen LogP contribution in [0.15, 0.2) is 22.7 Å². The first-order chi connectivity index (χ1) is 6.50. The van der Waals surface area contributed by atoms with Crippen LogP contribution >= 0.6 is 15.9 Å². The van der Waals surface area contributed by atoms with Gasteiger partial charge in [0.2, 0.25) is 0 Å². The Morgan fingerprint density at radius 1 is 1.43 bits per heavy atom. The molecule has 0 radical (unpaired) electrons. The SMILES string of the molecule is C[C@H](N)c1ccc(OC(F)F)c(Br)c1. The van der Waals surface area contributed by atoms with E-state index in [4.69, 9.17) is 5.73 Å². The third-order valence-corrected chi connectivity index (χ3v) is 2.32. The van der Waals surface area contributed by atoms with Gasteiger partial charge in [0.05, 0.1) is 4.47 Å². The normalized spacial score (nSPS) is 13.0. The highest BCUT2D eigenvalue weighted by Gasteiger charge is 2.09. The Morgan fingerprint density at radius 2 is 2.07 bits per heavy atom. The number of benzene rings is 1. The molecule has 14 heavy (non-hydrogen) atoms. The molecule has 0 aliphatic rings. The number of alkyl halides is 2. The molecule has 2 N–H and O–H groups in total. The molecule has 0 amide bonds. The second kappa shape index (κ2) is 4.70. The zero-order valence-corrected chi connectivity index (χ0v) is 9.09. The van der Waals surface area contributed by atoms with E-state index in [2.05, 4.69) is 20.7 Å².